The smallest absolute Gasteiger partial charge is 0.243 e. The Labute approximate surface area is 197 Å². The first kappa shape index (κ1) is 25.0. The van der Waals surface area contributed by atoms with E-state index >= 15 is 0 Å². The largest absolute Gasteiger partial charge is 0.492 e. The Morgan fingerprint density at radius 2 is 1.61 bits per heavy atom. The van der Waals surface area contributed by atoms with Gasteiger partial charge in [-0.05, 0) is 43.3 Å². The Balaban J connectivity index is 1.52. The summed E-state index contributed by atoms with van der Waals surface area (Å²) in [5.74, 6) is 0.773. The molecule has 8 nitrogen and oxygen atoms in total. The van der Waals surface area contributed by atoms with Crippen molar-refractivity contribution in [2.45, 2.75) is 25.7 Å². The molecule has 0 radical (unpaired) electrons. The number of anilines is 2. The van der Waals surface area contributed by atoms with Crippen LogP contribution in [-0.2, 0) is 14.8 Å². The van der Waals surface area contributed by atoms with E-state index in [2.05, 4.69) is 21.2 Å². The molecule has 0 bridgehead atoms. The minimum absolute atomic E-state index is 0.113. The number of nitrogens with zero attached hydrogens (tertiary/aromatic N) is 3. The maximum atomic E-state index is 12.6. The first-order chi connectivity index (χ1) is 15.9. The van der Waals surface area contributed by atoms with Gasteiger partial charge in [-0.25, -0.2) is 8.42 Å². The summed E-state index contributed by atoms with van der Waals surface area (Å²) < 4.78 is 32.3. The van der Waals surface area contributed by atoms with Gasteiger partial charge in [-0.1, -0.05) is 26.0 Å². The summed E-state index contributed by atoms with van der Waals surface area (Å²) in [6, 6.07) is 14.4. The van der Waals surface area contributed by atoms with Crippen LogP contribution in [0.3, 0.4) is 0 Å². The van der Waals surface area contributed by atoms with Crippen molar-refractivity contribution in [3.63, 3.8) is 0 Å². The lowest BCUT2D eigenvalue weighted by molar-refractivity contribution is -0.117. The van der Waals surface area contributed by atoms with Crippen molar-refractivity contribution in [2.75, 3.05) is 62.6 Å². The van der Waals surface area contributed by atoms with Gasteiger partial charge in [0.1, 0.15) is 5.75 Å². The van der Waals surface area contributed by atoms with Crippen LogP contribution in [0.4, 0.5) is 11.4 Å². The molecule has 0 aliphatic carbocycles. The maximum Gasteiger partial charge on any atom is 0.243 e. The van der Waals surface area contributed by atoms with E-state index in [0.29, 0.717) is 31.9 Å². The summed E-state index contributed by atoms with van der Waals surface area (Å²) >= 11 is 0. The predicted molar refractivity (Wildman–Crippen MR) is 131 cm³/mol. The lowest BCUT2D eigenvalue weighted by Gasteiger charge is -2.36. The molecule has 0 unspecified atom stereocenters. The quantitative estimate of drug-likeness (QED) is 0.570. The zero-order chi connectivity index (χ0) is 23.8. The number of rotatable bonds is 10. The van der Waals surface area contributed by atoms with Crippen LogP contribution in [0.1, 0.15) is 20.8 Å². The van der Waals surface area contributed by atoms with Gasteiger partial charge in [0.25, 0.3) is 0 Å². The van der Waals surface area contributed by atoms with Crippen molar-refractivity contribution in [2.24, 2.45) is 0 Å². The van der Waals surface area contributed by atoms with Crippen molar-refractivity contribution in [1.82, 2.24) is 9.21 Å². The zero-order valence-electron chi connectivity index (χ0n) is 19.7. The number of sulfonamides is 1. The molecule has 0 atom stereocenters. The third-order valence-corrected chi connectivity index (χ3v) is 7.79. The highest BCUT2D eigenvalue weighted by Crippen LogP contribution is 2.28. The second-order valence-corrected chi connectivity index (χ2v) is 9.76. The van der Waals surface area contributed by atoms with E-state index in [1.165, 1.54) is 16.4 Å². The highest BCUT2D eigenvalue weighted by Gasteiger charge is 2.23. The Hall–Kier alpha value is -2.62. The molecule has 1 aliphatic heterocycles. The first-order valence-corrected chi connectivity index (χ1v) is 12.9. The van der Waals surface area contributed by atoms with E-state index in [0.717, 1.165) is 37.6 Å². The Morgan fingerprint density at radius 1 is 0.970 bits per heavy atom. The third-order valence-electron chi connectivity index (χ3n) is 5.73. The fourth-order valence-electron chi connectivity index (χ4n) is 3.97. The standard InChI is InChI=1S/C24H34N4O4S/c1-4-28(5-2)33(30,31)21-13-11-20(12-14-21)25-24(29)19-26-15-17-27(18-16-26)22-9-7-8-10-23(22)32-6-3/h7-14H,4-6,15-19H2,1-3H3,(H,25,29). The van der Waals surface area contributed by atoms with Gasteiger partial charge in [-0.15, -0.1) is 0 Å². The number of piperazine rings is 1. The molecule has 1 aliphatic rings. The summed E-state index contributed by atoms with van der Waals surface area (Å²) in [5.41, 5.74) is 1.67. The predicted octanol–water partition coefficient (Wildman–Crippen LogP) is 2.88. The highest BCUT2D eigenvalue weighted by atomic mass is 32.2. The molecule has 1 amide bonds. The molecule has 180 valence electrons. The van der Waals surface area contributed by atoms with Crippen LogP contribution in [0.15, 0.2) is 53.4 Å². The lowest BCUT2D eigenvalue weighted by Crippen LogP contribution is -2.48. The van der Waals surface area contributed by atoms with Gasteiger partial charge in [0.05, 0.1) is 23.7 Å². The van der Waals surface area contributed by atoms with E-state index in [4.69, 9.17) is 4.74 Å². The van der Waals surface area contributed by atoms with Gasteiger partial charge >= 0.3 is 0 Å². The normalized spacial score (nSPS) is 15.0. The van der Waals surface area contributed by atoms with Crippen LogP contribution in [0.2, 0.25) is 0 Å². The number of amides is 1. The number of carbonyl (C=O) groups is 1. The lowest BCUT2D eigenvalue weighted by atomic mass is 10.2. The number of para-hydroxylation sites is 2. The molecule has 9 heteroatoms. The van der Waals surface area contributed by atoms with Crippen LogP contribution < -0.4 is 15.0 Å². The van der Waals surface area contributed by atoms with Crippen LogP contribution in [0, 0.1) is 0 Å². The second kappa shape index (κ2) is 11.5. The first-order valence-electron chi connectivity index (χ1n) is 11.5. The van der Waals surface area contributed by atoms with Crippen molar-refractivity contribution < 1.29 is 17.9 Å². The monoisotopic (exact) mass is 474 g/mol. The van der Waals surface area contributed by atoms with Crippen LogP contribution in [0.25, 0.3) is 0 Å². The molecule has 1 saturated heterocycles. The highest BCUT2D eigenvalue weighted by molar-refractivity contribution is 7.89. The maximum absolute atomic E-state index is 12.6. The second-order valence-electron chi connectivity index (χ2n) is 7.83. The molecule has 0 saturated carbocycles. The third kappa shape index (κ3) is 6.25. The molecule has 1 N–H and O–H groups in total. The van der Waals surface area contributed by atoms with E-state index in [9.17, 15) is 13.2 Å². The van der Waals surface area contributed by atoms with Gasteiger partial charge in [-0.2, -0.15) is 4.31 Å². The fourth-order valence-corrected chi connectivity index (χ4v) is 5.43. The fraction of sp³-hybridized carbons (Fsp3) is 0.458. The number of nitrogens with one attached hydrogen (secondary N) is 1. The Bertz CT molecular complexity index is 1020. The molecular formula is C24H34N4O4S. The average molecular weight is 475 g/mol. The van der Waals surface area contributed by atoms with E-state index in [1.54, 1.807) is 12.1 Å². The Morgan fingerprint density at radius 3 is 2.21 bits per heavy atom. The van der Waals surface area contributed by atoms with Crippen molar-refractivity contribution in [3.8, 4) is 5.75 Å². The average Bonchev–Trinajstić information content (AvgIpc) is 2.81. The summed E-state index contributed by atoms with van der Waals surface area (Å²) in [5, 5.41) is 2.87. The topological polar surface area (TPSA) is 82.2 Å². The van der Waals surface area contributed by atoms with Crippen LogP contribution >= 0.6 is 0 Å². The SMILES string of the molecule is CCOc1ccccc1N1CCN(CC(=O)Nc2ccc(S(=O)(=O)N(CC)CC)cc2)CC1. The molecule has 2 aromatic rings. The van der Waals surface area contributed by atoms with Crippen LogP contribution in [0.5, 0.6) is 5.75 Å². The van der Waals surface area contributed by atoms with Crippen LogP contribution in [-0.4, -0.2) is 76.0 Å². The van der Waals surface area contributed by atoms with E-state index in [-0.39, 0.29) is 10.8 Å². The van der Waals surface area contributed by atoms with E-state index < -0.39 is 10.0 Å². The van der Waals surface area contributed by atoms with Gasteiger partial charge in [0.15, 0.2) is 0 Å². The number of hydrogen-bond donors (Lipinski definition) is 1. The van der Waals surface area contributed by atoms with E-state index in [1.807, 2.05) is 39.0 Å². The number of benzene rings is 2. The summed E-state index contributed by atoms with van der Waals surface area (Å²) in [4.78, 5) is 17.2. The van der Waals surface area contributed by atoms with Crippen molar-refractivity contribution in [1.29, 1.82) is 0 Å². The molecule has 3 rings (SSSR count). The molecule has 0 spiro atoms. The molecular weight excluding hydrogens is 440 g/mol. The number of hydrogen-bond acceptors (Lipinski definition) is 6. The van der Waals surface area contributed by atoms with Gasteiger partial charge in [0.2, 0.25) is 15.9 Å². The Kier molecular flexibility index (Phi) is 8.71. The van der Waals surface area contributed by atoms with Gasteiger partial charge in [-0.3, -0.25) is 9.69 Å². The van der Waals surface area contributed by atoms with Gasteiger partial charge < -0.3 is 15.0 Å². The summed E-state index contributed by atoms with van der Waals surface area (Å²) in [7, 11) is -3.51. The number of ether oxygens (including phenoxy) is 1. The molecule has 0 aromatic heterocycles. The minimum atomic E-state index is -3.51. The summed E-state index contributed by atoms with van der Waals surface area (Å²) in [6.45, 7) is 10.5. The van der Waals surface area contributed by atoms with Crippen molar-refractivity contribution in [3.05, 3.63) is 48.5 Å². The molecule has 1 heterocycles. The zero-order valence-corrected chi connectivity index (χ0v) is 20.5. The summed E-state index contributed by atoms with van der Waals surface area (Å²) in [6.07, 6.45) is 0. The van der Waals surface area contributed by atoms with Gasteiger partial charge in [0, 0.05) is 45.0 Å². The molecule has 1 fully saturated rings. The molecule has 33 heavy (non-hydrogen) atoms. The molecule has 2 aromatic carbocycles. The minimum Gasteiger partial charge on any atom is -0.492 e. The van der Waals surface area contributed by atoms with Crippen molar-refractivity contribution >= 4 is 27.3 Å². The number of carbonyl (C=O) groups excluding carboxylic acids is 1.